The fourth-order valence-corrected chi connectivity index (χ4v) is 1.70. The molecule has 1 rings (SSSR count). The number of nitrogens with two attached hydrogens (primary N) is 1. The fourth-order valence-electron chi connectivity index (χ4n) is 1.38. The van der Waals surface area contributed by atoms with Gasteiger partial charge in [-0.15, -0.1) is 11.6 Å². The van der Waals surface area contributed by atoms with Crippen LogP contribution in [0.4, 0.5) is 14.5 Å². The molecule has 7 heteroatoms. The minimum Gasteiger partial charge on any atom is -0.469 e. The Morgan fingerprint density at radius 1 is 1.59 bits per heavy atom. The van der Waals surface area contributed by atoms with Crippen molar-refractivity contribution >= 4 is 23.3 Å². The van der Waals surface area contributed by atoms with Crippen molar-refractivity contribution in [1.82, 2.24) is 4.98 Å². The summed E-state index contributed by atoms with van der Waals surface area (Å²) in [4.78, 5) is 14.7. The van der Waals surface area contributed by atoms with Gasteiger partial charge in [-0.3, -0.25) is 9.78 Å². The van der Waals surface area contributed by atoms with Crippen LogP contribution in [-0.4, -0.2) is 18.1 Å². The highest BCUT2D eigenvalue weighted by atomic mass is 35.5. The molecule has 0 saturated heterocycles. The topological polar surface area (TPSA) is 65.2 Å². The van der Waals surface area contributed by atoms with Crippen LogP contribution in [-0.2, 0) is 21.8 Å². The summed E-state index contributed by atoms with van der Waals surface area (Å²) in [6.07, 6.45) is -2.01. The largest absolute Gasteiger partial charge is 0.469 e. The first-order valence-corrected chi connectivity index (χ1v) is 5.21. The fraction of sp³-hybridized carbons (Fsp3) is 0.400. The maximum absolute atomic E-state index is 12.7. The third kappa shape index (κ3) is 3.03. The molecule has 94 valence electrons. The van der Waals surface area contributed by atoms with E-state index in [4.69, 9.17) is 17.3 Å². The van der Waals surface area contributed by atoms with E-state index in [9.17, 15) is 13.6 Å². The number of anilines is 1. The predicted octanol–water partition coefficient (Wildman–Crippen LogP) is 2.06. The first kappa shape index (κ1) is 13.6. The average Bonchev–Trinajstić information content (AvgIpc) is 2.28. The van der Waals surface area contributed by atoms with E-state index in [1.54, 1.807) is 0 Å². The summed E-state index contributed by atoms with van der Waals surface area (Å²) in [7, 11) is 1.17. The lowest BCUT2D eigenvalue weighted by Gasteiger charge is -2.13. The first-order chi connectivity index (χ1) is 8.01. The van der Waals surface area contributed by atoms with Crippen LogP contribution in [0.3, 0.4) is 0 Å². The Hall–Kier alpha value is -1.43. The van der Waals surface area contributed by atoms with Crippen molar-refractivity contribution in [2.75, 3.05) is 12.8 Å². The van der Waals surface area contributed by atoms with Crippen LogP contribution in [0.2, 0.25) is 0 Å². The number of carbonyl (C=O) groups excluding carboxylic acids is 1. The molecular weight excluding hydrogens is 254 g/mol. The molecule has 0 spiro atoms. The van der Waals surface area contributed by atoms with Gasteiger partial charge in [-0.05, 0) is 11.1 Å². The van der Waals surface area contributed by atoms with E-state index < -0.39 is 18.1 Å². The van der Waals surface area contributed by atoms with Gasteiger partial charge >= 0.3 is 5.97 Å². The Balaban J connectivity index is 3.28. The number of methoxy groups -OCH3 is 1. The number of pyridine rings is 1. The molecule has 0 saturated carbocycles. The van der Waals surface area contributed by atoms with Crippen LogP contribution >= 0.6 is 11.6 Å². The molecule has 0 bridgehead atoms. The highest BCUT2D eigenvalue weighted by Crippen LogP contribution is 2.28. The minimum absolute atomic E-state index is 0.0434. The Morgan fingerprint density at radius 3 is 2.71 bits per heavy atom. The Morgan fingerprint density at radius 2 is 2.24 bits per heavy atom. The number of ether oxygens (including phenoxy) is 1. The number of esters is 1. The summed E-state index contributed by atoms with van der Waals surface area (Å²) in [5.41, 5.74) is 5.61. The van der Waals surface area contributed by atoms with Crippen molar-refractivity contribution in [2.45, 2.75) is 18.7 Å². The van der Waals surface area contributed by atoms with Crippen LogP contribution in [0.1, 0.15) is 23.2 Å². The highest BCUT2D eigenvalue weighted by molar-refractivity contribution is 6.17. The maximum atomic E-state index is 12.7. The van der Waals surface area contributed by atoms with E-state index in [-0.39, 0.29) is 23.6 Å². The molecule has 0 unspecified atom stereocenters. The molecule has 0 radical (unpaired) electrons. The molecule has 0 amide bonds. The van der Waals surface area contributed by atoms with Gasteiger partial charge in [0.1, 0.15) is 5.69 Å². The minimum atomic E-state index is -2.79. The number of hydrogen-bond donors (Lipinski definition) is 1. The molecule has 1 aromatic heterocycles. The van der Waals surface area contributed by atoms with Crippen molar-refractivity contribution in [3.63, 3.8) is 0 Å². The monoisotopic (exact) mass is 264 g/mol. The molecule has 0 aliphatic heterocycles. The molecule has 0 aliphatic carbocycles. The van der Waals surface area contributed by atoms with Crippen molar-refractivity contribution < 1.29 is 18.3 Å². The second kappa shape index (κ2) is 5.77. The lowest BCUT2D eigenvalue weighted by atomic mass is 10.0. The molecule has 0 fully saturated rings. The molecular formula is C10H11ClF2N2O2. The van der Waals surface area contributed by atoms with Crippen molar-refractivity contribution in [2.24, 2.45) is 0 Å². The Bertz CT molecular complexity index is 427. The lowest BCUT2D eigenvalue weighted by Crippen LogP contribution is -2.12. The summed E-state index contributed by atoms with van der Waals surface area (Å²) in [6, 6.07) is 0. The van der Waals surface area contributed by atoms with Crippen LogP contribution in [0, 0.1) is 0 Å². The molecule has 17 heavy (non-hydrogen) atoms. The summed E-state index contributed by atoms with van der Waals surface area (Å²) >= 11 is 5.64. The summed E-state index contributed by atoms with van der Waals surface area (Å²) in [6.45, 7) is 0. The molecule has 1 heterocycles. The predicted molar refractivity (Wildman–Crippen MR) is 58.9 cm³/mol. The van der Waals surface area contributed by atoms with Gasteiger partial charge in [0, 0.05) is 5.88 Å². The second-order valence-corrected chi connectivity index (χ2v) is 3.51. The van der Waals surface area contributed by atoms with Gasteiger partial charge in [-0.1, -0.05) is 0 Å². The van der Waals surface area contributed by atoms with Gasteiger partial charge in [0.15, 0.2) is 0 Å². The number of nitrogen functional groups attached to an aromatic ring is 1. The molecule has 2 N–H and O–H groups in total. The SMILES string of the molecule is COC(=O)Cc1c(C(F)F)ncc(N)c1CCl. The van der Waals surface area contributed by atoms with Gasteiger partial charge in [0.25, 0.3) is 6.43 Å². The molecule has 1 aromatic rings. The zero-order valence-corrected chi connectivity index (χ0v) is 9.80. The number of hydrogen-bond acceptors (Lipinski definition) is 4. The van der Waals surface area contributed by atoms with E-state index in [0.717, 1.165) is 6.20 Å². The summed E-state index contributed by atoms with van der Waals surface area (Å²) < 4.78 is 29.9. The van der Waals surface area contributed by atoms with E-state index in [1.807, 2.05) is 0 Å². The van der Waals surface area contributed by atoms with Crippen molar-refractivity contribution in [3.05, 3.63) is 23.0 Å². The number of aromatic nitrogens is 1. The number of rotatable bonds is 4. The third-order valence-corrected chi connectivity index (χ3v) is 2.52. The molecule has 0 atom stereocenters. The Labute approximate surface area is 102 Å². The normalized spacial score (nSPS) is 10.6. The van der Waals surface area contributed by atoms with E-state index in [2.05, 4.69) is 9.72 Å². The number of halogens is 3. The zero-order valence-electron chi connectivity index (χ0n) is 9.04. The van der Waals surface area contributed by atoms with Gasteiger partial charge in [0.2, 0.25) is 0 Å². The average molecular weight is 265 g/mol. The van der Waals surface area contributed by atoms with Gasteiger partial charge in [-0.25, -0.2) is 8.78 Å². The third-order valence-electron chi connectivity index (χ3n) is 2.25. The molecule has 0 aromatic carbocycles. The standard InChI is InChI=1S/C10H11ClF2N2O2/c1-17-8(16)2-5-6(3-11)7(14)4-15-9(5)10(12)13/h4,10H,2-3,14H2,1H3. The quantitative estimate of drug-likeness (QED) is 0.668. The zero-order chi connectivity index (χ0) is 13.0. The van der Waals surface area contributed by atoms with Gasteiger partial charge in [0.05, 0.1) is 25.4 Å². The summed E-state index contributed by atoms with van der Waals surface area (Å²) in [5, 5.41) is 0. The van der Waals surface area contributed by atoms with E-state index in [0.29, 0.717) is 5.56 Å². The van der Waals surface area contributed by atoms with Gasteiger partial charge in [-0.2, -0.15) is 0 Å². The number of carbonyl (C=O) groups is 1. The first-order valence-electron chi connectivity index (χ1n) is 4.68. The van der Waals surface area contributed by atoms with Gasteiger partial charge < -0.3 is 10.5 Å². The van der Waals surface area contributed by atoms with Crippen LogP contribution in [0.15, 0.2) is 6.20 Å². The van der Waals surface area contributed by atoms with Crippen LogP contribution < -0.4 is 5.73 Å². The van der Waals surface area contributed by atoms with Crippen LogP contribution in [0.25, 0.3) is 0 Å². The number of nitrogens with zero attached hydrogens (tertiary/aromatic N) is 1. The lowest BCUT2D eigenvalue weighted by molar-refractivity contribution is -0.139. The maximum Gasteiger partial charge on any atom is 0.310 e. The van der Waals surface area contributed by atoms with Crippen LogP contribution in [0.5, 0.6) is 0 Å². The second-order valence-electron chi connectivity index (χ2n) is 3.24. The van der Waals surface area contributed by atoms with Crippen molar-refractivity contribution in [1.29, 1.82) is 0 Å². The molecule has 4 nitrogen and oxygen atoms in total. The van der Waals surface area contributed by atoms with E-state index in [1.165, 1.54) is 7.11 Å². The summed E-state index contributed by atoms with van der Waals surface area (Å²) in [5.74, 6) is -0.717. The molecule has 0 aliphatic rings. The van der Waals surface area contributed by atoms with E-state index >= 15 is 0 Å². The number of alkyl halides is 3. The van der Waals surface area contributed by atoms with Crippen molar-refractivity contribution in [3.8, 4) is 0 Å². The highest BCUT2D eigenvalue weighted by Gasteiger charge is 2.21. The Kier molecular flexibility index (Phi) is 4.62. The smallest absolute Gasteiger partial charge is 0.310 e.